The maximum absolute atomic E-state index is 4.45. The second-order valence-electron chi connectivity index (χ2n) is 6.05. The molecular formula is C18H27N3. The topological polar surface area (TPSA) is 29.9 Å². The quantitative estimate of drug-likeness (QED) is 0.835. The largest absolute Gasteiger partial charge is 0.308 e. The predicted molar refractivity (Wildman–Crippen MR) is 88.4 cm³/mol. The SMILES string of the molecule is CCCNC(c1ccnn1CC)C(C)(C)c1ccccc1. The maximum atomic E-state index is 4.45. The van der Waals surface area contributed by atoms with Gasteiger partial charge in [0.2, 0.25) is 0 Å². The number of rotatable bonds is 7. The summed E-state index contributed by atoms with van der Waals surface area (Å²) in [7, 11) is 0. The summed E-state index contributed by atoms with van der Waals surface area (Å²) in [6, 6.07) is 13.1. The van der Waals surface area contributed by atoms with Crippen molar-refractivity contribution in [1.29, 1.82) is 0 Å². The van der Waals surface area contributed by atoms with E-state index in [1.807, 2.05) is 6.20 Å². The molecule has 1 unspecified atom stereocenters. The van der Waals surface area contributed by atoms with E-state index in [1.54, 1.807) is 0 Å². The van der Waals surface area contributed by atoms with Crippen LogP contribution in [-0.4, -0.2) is 16.3 Å². The molecule has 0 aliphatic carbocycles. The summed E-state index contributed by atoms with van der Waals surface area (Å²) in [6.07, 6.45) is 3.03. The Kier molecular flexibility index (Phi) is 5.18. The Bertz CT molecular complexity index is 543. The van der Waals surface area contributed by atoms with Crippen molar-refractivity contribution in [2.45, 2.75) is 52.1 Å². The maximum Gasteiger partial charge on any atom is 0.0584 e. The van der Waals surface area contributed by atoms with Crippen molar-refractivity contribution in [3.63, 3.8) is 0 Å². The van der Waals surface area contributed by atoms with E-state index >= 15 is 0 Å². The fourth-order valence-corrected chi connectivity index (χ4v) is 2.90. The number of benzene rings is 1. The number of nitrogens with zero attached hydrogens (tertiary/aromatic N) is 2. The van der Waals surface area contributed by atoms with Crippen molar-refractivity contribution in [1.82, 2.24) is 15.1 Å². The zero-order valence-corrected chi connectivity index (χ0v) is 13.6. The predicted octanol–water partition coefficient (Wildman–Crippen LogP) is 3.92. The first-order valence-corrected chi connectivity index (χ1v) is 7.91. The van der Waals surface area contributed by atoms with E-state index in [9.17, 15) is 0 Å². The number of hydrogen-bond donors (Lipinski definition) is 1. The Morgan fingerprint density at radius 1 is 1.14 bits per heavy atom. The van der Waals surface area contributed by atoms with Gasteiger partial charge in [0.05, 0.1) is 11.7 Å². The summed E-state index contributed by atoms with van der Waals surface area (Å²) >= 11 is 0. The molecule has 3 heteroatoms. The van der Waals surface area contributed by atoms with Crippen molar-refractivity contribution in [2.75, 3.05) is 6.54 Å². The van der Waals surface area contributed by atoms with E-state index < -0.39 is 0 Å². The lowest BCUT2D eigenvalue weighted by atomic mass is 9.76. The second kappa shape index (κ2) is 6.90. The van der Waals surface area contributed by atoms with Crippen molar-refractivity contribution in [3.05, 3.63) is 53.9 Å². The molecule has 0 aliphatic rings. The molecule has 21 heavy (non-hydrogen) atoms. The van der Waals surface area contributed by atoms with E-state index in [0.29, 0.717) is 0 Å². The third-order valence-electron chi connectivity index (χ3n) is 4.18. The van der Waals surface area contributed by atoms with E-state index in [-0.39, 0.29) is 11.5 Å². The third-order valence-corrected chi connectivity index (χ3v) is 4.18. The fourth-order valence-electron chi connectivity index (χ4n) is 2.90. The van der Waals surface area contributed by atoms with Crippen molar-refractivity contribution in [3.8, 4) is 0 Å². The van der Waals surface area contributed by atoms with Gasteiger partial charge >= 0.3 is 0 Å². The average molecular weight is 285 g/mol. The van der Waals surface area contributed by atoms with Gasteiger partial charge in [-0.1, -0.05) is 51.1 Å². The van der Waals surface area contributed by atoms with Crippen LogP contribution in [0.25, 0.3) is 0 Å². The fraction of sp³-hybridized carbons (Fsp3) is 0.500. The van der Waals surface area contributed by atoms with Gasteiger partial charge in [-0.2, -0.15) is 5.10 Å². The highest BCUT2D eigenvalue weighted by atomic mass is 15.3. The molecule has 0 saturated heterocycles. The van der Waals surface area contributed by atoms with Crippen molar-refractivity contribution < 1.29 is 0 Å². The molecule has 114 valence electrons. The number of aryl methyl sites for hydroxylation is 1. The molecule has 1 atom stereocenters. The highest BCUT2D eigenvalue weighted by Gasteiger charge is 2.33. The van der Waals surface area contributed by atoms with E-state index in [4.69, 9.17) is 0 Å². The lowest BCUT2D eigenvalue weighted by molar-refractivity contribution is 0.328. The minimum Gasteiger partial charge on any atom is -0.308 e. The molecule has 0 bridgehead atoms. The molecule has 1 heterocycles. The molecule has 0 saturated carbocycles. The molecule has 0 aliphatic heterocycles. The number of hydrogen-bond acceptors (Lipinski definition) is 2. The molecule has 2 rings (SSSR count). The van der Waals surface area contributed by atoms with Gasteiger partial charge in [-0.05, 0) is 31.5 Å². The molecule has 0 radical (unpaired) electrons. The minimum atomic E-state index is 0.00336. The normalized spacial score (nSPS) is 13.3. The molecule has 1 aromatic carbocycles. The Morgan fingerprint density at radius 2 is 1.86 bits per heavy atom. The summed E-state index contributed by atoms with van der Waals surface area (Å²) in [5.41, 5.74) is 2.62. The molecular weight excluding hydrogens is 258 g/mol. The van der Waals surface area contributed by atoms with Crippen LogP contribution in [0, 0.1) is 0 Å². The summed E-state index contributed by atoms with van der Waals surface area (Å²) in [6.45, 7) is 10.9. The van der Waals surface area contributed by atoms with Gasteiger partial charge in [0.1, 0.15) is 0 Å². The van der Waals surface area contributed by atoms with Crippen LogP contribution in [0.4, 0.5) is 0 Å². The lowest BCUT2D eigenvalue weighted by Crippen LogP contribution is -2.39. The third kappa shape index (κ3) is 3.35. The Balaban J connectivity index is 2.40. The standard InChI is InChI=1S/C18H27N3/c1-5-13-19-17(16-12-14-20-21(16)6-2)18(3,4)15-10-8-7-9-11-15/h7-12,14,17,19H,5-6,13H2,1-4H3. The summed E-state index contributed by atoms with van der Waals surface area (Å²) in [5.74, 6) is 0. The van der Waals surface area contributed by atoms with Crippen LogP contribution in [0.5, 0.6) is 0 Å². The zero-order chi connectivity index (χ0) is 15.3. The van der Waals surface area contributed by atoms with Crippen LogP contribution >= 0.6 is 0 Å². The first-order chi connectivity index (χ1) is 10.1. The Morgan fingerprint density at radius 3 is 2.48 bits per heavy atom. The van der Waals surface area contributed by atoms with Crippen LogP contribution < -0.4 is 5.32 Å². The van der Waals surface area contributed by atoms with Gasteiger partial charge in [-0.25, -0.2) is 0 Å². The van der Waals surface area contributed by atoms with Crippen LogP contribution in [-0.2, 0) is 12.0 Å². The molecule has 0 amide bonds. The van der Waals surface area contributed by atoms with Crippen LogP contribution in [0.1, 0.15) is 51.4 Å². The van der Waals surface area contributed by atoms with Gasteiger partial charge in [-0.15, -0.1) is 0 Å². The smallest absolute Gasteiger partial charge is 0.0584 e. The number of nitrogens with one attached hydrogen (secondary N) is 1. The lowest BCUT2D eigenvalue weighted by Gasteiger charge is -2.36. The zero-order valence-electron chi connectivity index (χ0n) is 13.6. The van der Waals surface area contributed by atoms with E-state index in [0.717, 1.165) is 19.5 Å². The second-order valence-corrected chi connectivity index (χ2v) is 6.05. The average Bonchev–Trinajstić information content (AvgIpc) is 2.96. The van der Waals surface area contributed by atoms with Crippen LogP contribution in [0.15, 0.2) is 42.6 Å². The summed E-state index contributed by atoms with van der Waals surface area (Å²) < 4.78 is 2.10. The minimum absolute atomic E-state index is 0.00336. The molecule has 1 N–H and O–H groups in total. The highest BCUT2D eigenvalue weighted by molar-refractivity contribution is 5.29. The van der Waals surface area contributed by atoms with Crippen molar-refractivity contribution >= 4 is 0 Å². The first kappa shape index (κ1) is 15.8. The first-order valence-electron chi connectivity index (χ1n) is 7.91. The van der Waals surface area contributed by atoms with E-state index in [2.05, 4.69) is 79.2 Å². The van der Waals surface area contributed by atoms with Gasteiger partial charge in [0.25, 0.3) is 0 Å². The van der Waals surface area contributed by atoms with Gasteiger partial charge in [0.15, 0.2) is 0 Å². The molecule has 0 spiro atoms. The number of aromatic nitrogens is 2. The van der Waals surface area contributed by atoms with Gasteiger partial charge in [-0.3, -0.25) is 4.68 Å². The molecule has 0 fully saturated rings. The van der Waals surface area contributed by atoms with Crippen LogP contribution in [0.2, 0.25) is 0 Å². The molecule has 1 aromatic heterocycles. The monoisotopic (exact) mass is 285 g/mol. The summed E-state index contributed by atoms with van der Waals surface area (Å²) in [4.78, 5) is 0. The Hall–Kier alpha value is -1.61. The molecule has 2 aromatic rings. The van der Waals surface area contributed by atoms with Crippen LogP contribution in [0.3, 0.4) is 0 Å². The van der Waals surface area contributed by atoms with Gasteiger partial charge in [0, 0.05) is 18.2 Å². The van der Waals surface area contributed by atoms with E-state index in [1.165, 1.54) is 11.3 Å². The van der Waals surface area contributed by atoms with Gasteiger partial charge < -0.3 is 5.32 Å². The van der Waals surface area contributed by atoms with Crippen molar-refractivity contribution in [2.24, 2.45) is 0 Å². The Labute approximate surface area is 128 Å². The highest BCUT2D eigenvalue weighted by Crippen LogP contribution is 2.36. The summed E-state index contributed by atoms with van der Waals surface area (Å²) in [5, 5.41) is 8.17. The molecule has 3 nitrogen and oxygen atoms in total.